The minimum Gasteiger partial charge on any atom is -0.359 e. The lowest BCUT2D eigenvalue weighted by molar-refractivity contribution is -0.121. The maximum Gasteiger partial charge on any atom is 0.254 e. The molecule has 0 saturated carbocycles. The first-order valence-electron chi connectivity index (χ1n) is 7.03. The van der Waals surface area contributed by atoms with Gasteiger partial charge in [0.2, 0.25) is 5.91 Å². The molecule has 116 valence electrons. The Kier molecular flexibility index (Phi) is 6.14. The number of carbonyl (C=O) groups excluding carboxylic acids is 2. The Balaban J connectivity index is 2.59. The predicted octanol–water partition coefficient (Wildman–Crippen LogP) is 1.36. The van der Waals surface area contributed by atoms with Crippen LogP contribution in [-0.4, -0.2) is 48.4 Å². The second-order valence-corrected chi connectivity index (χ2v) is 5.64. The van der Waals surface area contributed by atoms with Crippen LogP contribution in [0.3, 0.4) is 0 Å². The van der Waals surface area contributed by atoms with Crippen LogP contribution in [0.1, 0.15) is 31.1 Å². The van der Waals surface area contributed by atoms with Gasteiger partial charge in [0.1, 0.15) is 11.9 Å². The Morgan fingerprint density at radius 2 is 1.90 bits per heavy atom. The standard InChI is InChI=1S/C15H24N4O2/c1-10(2)8-17-14(20)11(3)18-13-7-6-12(9-16-13)15(21)19(4)5/h6-7,9-11H,8H2,1-5H3,(H,16,18)(H,17,20). The normalized spacial score (nSPS) is 11.9. The van der Waals surface area contributed by atoms with E-state index in [9.17, 15) is 9.59 Å². The summed E-state index contributed by atoms with van der Waals surface area (Å²) >= 11 is 0. The first kappa shape index (κ1) is 16.9. The van der Waals surface area contributed by atoms with Gasteiger partial charge in [-0.1, -0.05) is 13.8 Å². The van der Waals surface area contributed by atoms with Crippen molar-refractivity contribution < 1.29 is 9.59 Å². The minimum absolute atomic E-state index is 0.0704. The van der Waals surface area contributed by atoms with E-state index < -0.39 is 0 Å². The Morgan fingerprint density at radius 1 is 1.24 bits per heavy atom. The van der Waals surface area contributed by atoms with Gasteiger partial charge in [0.15, 0.2) is 0 Å². The van der Waals surface area contributed by atoms with E-state index in [0.29, 0.717) is 23.8 Å². The van der Waals surface area contributed by atoms with Crippen LogP contribution in [0.2, 0.25) is 0 Å². The second-order valence-electron chi connectivity index (χ2n) is 5.64. The van der Waals surface area contributed by atoms with Gasteiger partial charge in [0.05, 0.1) is 5.56 Å². The van der Waals surface area contributed by atoms with E-state index in [1.807, 2.05) is 13.8 Å². The third-order valence-corrected chi connectivity index (χ3v) is 2.86. The van der Waals surface area contributed by atoms with Gasteiger partial charge in [-0.15, -0.1) is 0 Å². The van der Waals surface area contributed by atoms with E-state index in [1.165, 1.54) is 11.1 Å². The van der Waals surface area contributed by atoms with Gasteiger partial charge in [-0.2, -0.15) is 0 Å². The predicted molar refractivity (Wildman–Crippen MR) is 83.2 cm³/mol. The van der Waals surface area contributed by atoms with Crippen molar-refractivity contribution in [1.29, 1.82) is 0 Å². The number of amides is 2. The molecule has 1 aromatic rings. The summed E-state index contributed by atoms with van der Waals surface area (Å²) in [6.07, 6.45) is 1.50. The lowest BCUT2D eigenvalue weighted by Gasteiger charge is -2.16. The molecule has 2 N–H and O–H groups in total. The zero-order chi connectivity index (χ0) is 16.0. The molecule has 1 unspecified atom stereocenters. The Morgan fingerprint density at radius 3 is 2.38 bits per heavy atom. The number of aromatic nitrogens is 1. The highest BCUT2D eigenvalue weighted by Crippen LogP contribution is 2.08. The highest BCUT2D eigenvalue weighted by Gasteiger charge is 2.14. The molecule has 1 heterocycles. The van der Waals surface area contributed by atoms with Crippen molar-refractivity contribution in [3.63, 3.8) is 0 Å². The first-order valence-corrected chi connectivity index (χ1v) is 7.03. The van der Waals surface area contributed by atoms with Crippen LogP contribution in [0.15, 0.2) is 18.3 Å². The second kappa shape index (κ2) is 7.61. The van der Waals surface area contributed by atoms with Crippen molar-refractivity contribution in [1.82, 2.24) is 15.2 Å². The number of anilines is 1. The summed E-state index contributed by atoms with van der Waals surface area (Å²) in [6.45, 7) is 6.51. The molecule has 1 aromatic heterocycles. The number of carbonyl (C=O) groups is 2. The maximum atomic E-state index is 11.9. The van der Waals surface area contributed by atoms with Gasteiger partial charge in [-0.05, 0) is 25.0 Å². The molecule has 0 aliphatic carbocycles. The van der Waals surface area contributed by atoms with Crippen LogP contribution in [0, 0.1) is 5.92 Å². The highest BCUT2D eigenvalue weighted by atomic mass is 16.2. The van der Waals surface area contributed by atoms with Crippen molar-refractivity contribution >= 4 is 17.6 Å². The molecule has 0 radical (unpaired) electrons. The summed E-state index contributed by atoms with van der Waals surface area (Å²) in [5.41, 5.74) is 0.516. The zero-order valence-electron chi connectivity index (χ0n) is 13.3. The van der Waals surface area contributed by atoms with Gasteiger partial charge in [-0.25, -0.2) is 4.98 Å². The van der Waals surface area contributed by atoms with Crippen LogP contribution in [0.5, 0.6) is 0 Å². The molecule has 2 amide bonds. The molecule has 0 aliphatic rings. The number of hydrogen-bond acceptors (Lipinski definition) is 4. The molecule has 1 rings (SSSR count). The maximum absolute atomic E-state index is 11.9. The van der Waals surface area contributed by atoms with Crippen molar-refractivity contribution in [2.75, 3.05) is 26.0 Å². The van der Waals surface area contributed by atoms with Crippen molar-refractivity contribution in [2.45, 2.75) is 26.8 Å². The molecule has 0 aliphatic heterocycles. The molecule has 0 saturated heterocycles. The van der Waals surface area contributed by atoms with Gasteiger partial charge in [0, 0.05) is 26.8 Å². The highest BCUT2D eigenvalue weighted by molar-refractivity contribution is 5.93. The fourth-order valence-electron chi connectivity index (χ4n) is 1.61. The van der Waals surface area contributed by atoms with E-state index in [2.05, 4.69) is 15.6 Å². The number of nitrogens with zero attached hydrogens (tertiary/aromatic N) is 2. The van der Waals surface area contributed by atoms with Gasteiger partial charge in [0.25, 0.3) is 5.91 Å². The largest absolute Gasteiger partial charge is 0.359 e. The molecule has 21 heavy (non-hydrogen) atoms. The summed E-state index contributed by atoms with van der Waals surface area (Å²) in [4.78, 5) is 29.2. The molecule has 6 heteroatoms. The average Bonchev–Trinajstić information content (AvgIpc) is 2.44. The van der Waals surface area contributed by atoms with Gasteiger partial charge in [-0.3, -0.25) is 9.59 Å². The third kappa shape index (κ3) is 5.41. The van der Waals surface area contributed by atoms with E-state index in [4.69, 9.17) is 0 Å². The summed E-state index contributed by atoms with van der Waals surface area (Å²) < 4.78 is 0. The zero-order valence-corrected chi connectivity index (χ0v) is 13.3. The van der Waals surface area contributed by atoms with E-state index in [1.54, 1.807) is 33.2 Å². The van der Waals surface area contributed by atoms with Gasteiger partial charge < -0.3 is 15.5 Å². The Hall–Kier alpha value is -2.11. The number of hydrogen-bond donors (Lipinski definition) is 2. The third-order valence-electron chi connectivity index (χ3n) is 2.86. The van der Waals surface area contributed by atoms with Crippen molar-refractivity contribution in [3.05, 3.63) is 23.9 Å². The summed E-state index contributed by atoms with van der Waals surface area (Å²) in [7, 11) is 3.38. The topological polar surface area (TPSA) is 74.3 Å². The van der Waals surface area contributed by atoms with E-state index in [-0.39, 0.29) is 17.9 Å². The SMILES string of the molecule is CC(C)CNC(=O)C(C)Nc1ccc(C(=O)N(C)C)cn1. The smallest absolute Gasteiger partial charge is 0.254 e. The summed E-state index contributed by atoms with van der Waals surface area (Å²) in [5.74, 6) is 0.809. The van der Waals surface area contributed by atoms with Crippen LogP contribution < -0.4 is 10.6 Å². The Bertz CT molecular complexity index is 483. The molecule has 0 spiro atoms. The lowest BCUT2D eigenvalue weighted by Crippen LogP contribution is -2.39. The van der Waals surface area contributed by atoms with Crippen LogP contribution in [-0.2, 0) is 4.79 Å². The number of pyridine rings is 1. The fraction of sp³-hybridized carbons (Fsp3) is 0.533. The monoisotopic (exact) mass is 292 g/mol. The molecule has 1 atom stereocenters. The molecular formula is C15H24N4O2. The number of rotatable bonds is 6. The minimum atomic E-state index is -0.383. The van der Waals surface area contributed by atoms with Crippen LogP contribution in [0.25, 0.3) is 0 Å². The molecular weight excluding hydrogens is 268 g/mol. The molecule has 6 nitrogen and oxygen atoms in total. The molecule has 0 aromatic carbocycles. The van der Waals surface area contributed by atoms with E-state index in [0.717, 1.165) is 0 Å². The quantitative estimate of drug-likeness (QED) is 0.830. The summed E-state index contributed by atoms with van der Waals surface area (Å²) in [5, 5.41) is 5.87. The average molecular weight is 292 g/mol. The summed E-state index contributed by atoms with van der Waals surface area (Å²) in [6, 6.07) is 3.01. The molecule has 0 bridgehead atoms. The van der Waals surface area contributed by atoms with Gasteiger partial charge >= 0.3 is 0 Å². The molecule has 0 fully saturated rings. The van der Waals surface area contributed by atoms with Crippen molar-refractivity contribution in [2.24, 2.45) is 5.92 Å². The van der Waals surface area contributed by atoms with Crippen LogP contribution >= 0.6 is 0 Å². The number of nitrogens with one attached hydrogen (secondary N) is 2. The van der Waals surface area contributed by atoms with Crippen LogP contribution in [0.4, 0.5) is 5.82 Å². The lowest BCUT2D eigenvalue weighted by atomic mass is 10.2. The first-order chi connectivity index (χ1) is 9.81. The van der Waals surface area contributed by atoms with Crippen molar-refractivity contribution in [3.8, 4) is 0 Å². The van der Waals surface area contributed by atoms with E-state index >= 15 is 0 Å². The fourth-order valence-corrected chi connectivity index (χ4v) is 1.61. The Labute approximate surface area is 125 Å².